The van der Waals surface area contributed by atoms with E-state index in [1.807, 2.05) is 11.8 Å². The Balaban J connectivity index is 2.21. The van der Waals surface area contributed by atoms with Crippen molar-refractivity contribution in [2.24, 2.45) is 0 Å². The van der Waals surface area contributed by atoms with Crippen molar-refractivity contribution >= 4 is 23.7 Å². The Morgan fingerprint density at radius 2 is 1.69 bits per heavy atom. The standard InChI is InChI=1S/C10H19N5S/c1-2-3-4-6-16-7-5-8-13-9(11)15-10(12)14-8/h2-7H2,1H3,(H4,11,12,13,14,15). The zero-order chi connectivity index (χ0) is 11.8. The van der Waals surface area contributed by atoms with Crippen LogP contribution in [0.4, 0.5) is 11.9 Å². The molecule has 90 valence electrons. The van der Waals surface area contributed by atoms with Gasteiger partial charge in [-0.2, -0.15) is 26.7 Å². The lowest BCUT2D eigenvalue weighted by atomic mass is 10.3. The van der Waals surface area contributed by atoms with Crippen molar-refractivity contribution in [2.75, 3.05) is 23.0 Å². The van der Waals surface area contributed by atoms with E-state index in [4.69, 9.17) is 11.5 Å². The number of unbranched alkanes of at least 4 members (excludes halogenated alkanes) is 2. The molecular formula is C10H19N5S. The van der Waals surface area contributed by atoms with Crippen LogP contribution >= 0.6 is 11.8 Å². The normalized spacial score (nSPS) is 10.6. The molecule has 0 fully saturated rings. The maximum absolute atomic E-state index is 5.48. The summed E-state index contributed by atoms with van der Waals surface area (Å²) in [6.07, 6.45) is 4.65. The lowest BCUT2D eigenvalue weighted by Gasteiger charge is -2.02. The van der Waals surface area contributed by atoms with Gasteiger partial charge >= 0.3 is 0 Å². The van der Waals surface area contributed by atoms with Crippen molar-refractivity contribution in [3.05, 3.63) is 5.82 Å². The number of aromatic nitrogens is 3. The lowest BCUT2D eigenvalue weighted by molar-refractivity contribution is 0.778. The average molecular weight is 241 g/mol. The van der Waals surface area contributed by atoms with Crippen LogP contribution in [0.1, 0.15) is 32.0 Å². The highest BCUT2D eigenvalue weighted by atomic mass is 32.2. The van der Waals surface area contributed by atoms with Crippen LogP contribution < -0.4 is 11.5 Å². The van der Waals surface area contributed by atoms with Crippen molar-refractivity contribution in [3.8, 4) is 0 Å². The van der Waals surface area contributed by atoms with Crippen LogP contribution in [0.2, 0.25) is 0 Å². The summed E-state index contributed by atoms with van der Waals surface area (Å²) in [7, 11) is 0. The molecule has 0 aliphatic carbocycles. The Morgan fingerprint density at radius 1 is 1.00 bits per heavy atom. The molecule has 16 heavy (non-hydrogen) atoms. The zero-order valence-electron chi connectivity index (χ0n) is 9.65. The van der Waals surface area contributed by atoms with Crippen LogP contribution in [0.15, 0.2) is 0 Å². The van der Waals surface area contributed by atoms with E-state index in [0.717, 1.165) is 12.2 Å². The van der Waals surface area contributed by atoms with E-state index in [-0.39, 0.29) is 11.9 Å². The maximum atomic E-state index is 5.48. The van der Waals surface area contributed by atoms with Gasteiger partial charge in [0.25, 0.3) is 0 Å². The van der Waals surface area contributed by atoms with Gasteiger partial charge in [-0.1, -0.05) is 19.8 Å². The van der Waals surface area contributed by atoms with Gasteiger partial charge < -0.3 is 11.5 Å². The molecule has 5 nitrogen and oxygen atoms in total. The van der Waals surface area contributed by atoms with Crippen LogP contribution in [0.5, 0.6) is 0 Å². The number of nitrogens with zero attached hydrogens (tertiary/aromatic N) is 3. The molecule has 6 heteroatoms. The zero-order valence-corrected chi connectivity index (χ0v) is 10.5. The van der Waals surface area contributed by atoms with Crippen LogP contribution in [0.3, 0.4) is 0 Å². The largest absolute Gasteiger partial charge is 0.368 e. The van der Waals surface area contributed by atoms with Crippen LogP contribution in [0.25, 0.3) is 0 Å². The molecular weight excluding hydrogens is 222 g/mol. The maximum Gasteiger partial charge on any atom is 0.225 e. The molecule has 1 rings (SSSR count). The van der Waals surface area contributed by atoms with Crippen LogP contribution in [-0.4, -0.2) is 26.5 Å². The highest BCUT2D eigenvalue weighted by Crippen LogP contribution is 2.08. The first-order chi connectivity index (χ1) is 7.72. The summed E-state index contributed by atoms with van der Waals surface area (Å²) in [4.78, 5) is 11.8. The molecule has 0 bridgehead atoms. The molecule has 0 aliphatic heterocycles. The first kappa shape index (κ1) is 13.0. The molecule has 0 saturated heterocycles. The van der Waals surface area contributed by atoms with Crippen molar-refractivity contribution in [3.63, 3.8) is 0 Å². The van der Waals surface area contributed by atoms with E-state index in [2.05, 4.69) is 21.9 Å². The predicted molar refractivity (Wildman–Crippen MR) is 69.2 cm³/mol. The minimum Gasteiger partial charge on any atom is -0.368 e. The van der Waals surface area contributed by atoms with E-state index in [9.17, 15) is 0 Å². The molecule has 1 heterocycles. The number of anilines is 2. The molecule has 1 aromatic heterocycles. The third-order valence-corrected chi connectivity index (χ3v) is 3.15. The van der Waals surface area contributed by atoms with Gasteiger partial charge in [0.2, 0.25) is 11.9 Å². The Kier molecular flexibility index (Phi) is 5.92. The fourth-order valence-corrected chi connectivity index (χ4v) is 2.23. The number of aryl methyl sites for hydroxylation is 1. The summed E-state index contributed by atoms with van der Waals surface area (Å²) in [6, 6.07) is 0. The van der Waals surface area contributed by atoms with Crippen LogP contribution in [-0.2, 0) is 6.42 Å². The summed E-state index contributed by atoms with van der Waals surface area (Å²) in [5.41, 5.74) is 11.0. The number of hydrogen-bond acceptors (Lipinski definition) is 6. The van der Waals surface area contributed by atoms with Gasteiger partial charge in [0.1, 0.15) is 5.82 Å². The monoisotopic (exact) mass is 241 g/mol. The average Bonchev–Trinajstić information content (AvgIpc) is 2.22. The highest BCUT2D eigenvalue weighted by Gasteiger charge is 2.01. The lowest BCUT2D eigenvalue weighted by Crippen LogP contribution is -2.07. The molecule has 0 aliphatic rings. The van der Waals surface area contributed by atoms with E-state index >= 15 is 0 Å². The third-order valence-electron chi connectivity index (χ3n) is 2.08. The second kappa shape index (κ2) is 7.27. The number of hydrogen-bond donors (Lipinski definition) is 2. The number of nitrogens with two attached hydrogens (primary N) is 2. The first-order valence-corrected chi connectivity index (χ1v) is 6.71. The molecule has 0 aromatic carbocycles. The Labute approximate surface area is 100 Å². The molecule has 1 aromatic rings. The summed E-state index contributed by atoms with van der Waals surface area (Å²) in [5.74, 6) is 3.31. The van der Waals surface area contributed by atoms with Gasteiger partial charge in [-0.05, 0) is 12.2 Å². The van der Waals surface area contributed by atoms with Crippen molar-refractivity contribution in [1.82, 2.24) is 15.0 Å². The van der Waals surface area contributed by atoms with Crippen molar-refractivity contribution < 1.29 is 0 Å². The molecule has 0 saturated carbocycles. The summed E-state index contributed by atoms with van der Waals surface area (Å²) < 4.78 is 0. The molecule has 0 spiro atoms. The van der Waals surface area contributed by atoms with Gasteiger partial charge in [0.15, 0.2) is 0 Å². The molecule has 0 amide bonds. The predicted octanol–water partition coefficient (Wildman–Crippen LogP) is 1.50. The first-order valence-electron chi connectivity index (χ1n) is 5.56. The fraction of sp³-hybridized carbons (Fsp3) is 0.700. The Morgan fingerprint density at radius 3 is 2.31 bits per heavy atom. The third kappa shape index (κ3) is 5.16. The minimum absolute atomic E-state index is 0.207. The summed E-state index contributed by atoms with van der Waals surface area (Å²) in [6.45, 7) is 2.21. The highest BCUT2D eigenvalue weighted by molar-refractivity contribution is 7.99. The van der Waals surface area contributed by atoms with Gasteiger partial charge in [0.05, 0.1) is 0 Å². The smallest absolute Gasteiger partial charge is 0.225 e. The molecule has 0 unspecified atom stereocenters. The Hall–Kier alpha value is -1.04. The molecule has 4 N–H and O–H groups in total. The topological polar surface area (TPSA) is 90.7 Å². The SMILES string of the molecule is CCCCCSCCc1nc(N)nc(N)n1. The number of nitrogen functional groups attached to an aromatic ring is 2. The van der Waals surface area contributed by atoms with Gasteiger partial charge in [-0.3, -0.25) is 0 Å². The summed E-state index contributed by atoms with van der Waals surface area (Å²) in [5, 5.41) is 0. The van der Waals surface area contributed by atoms with Crippen molar-refractivity contribution in [2.45, 2.75) is 32.6 Å². The minimum atomic E-state index is 0.207. The fourth-order valence-electron chi connectivity index (χ4n) is 1.29. The van der Waals surface area contributed by atoms with E-state index in [1.165, 1.54) is 25.0 Å². The van der Waals surface area contributed by atoms with Gasteiger partial charge in [0, 0.05) is 12.2 Å². The second-order valence-electron chi connectivity index (χ2n) is 3.54. The quantitative estimate of drug-likeness (QED) is 0.703. The van der Waals surface area contributed by atoms with E-state index in [1.54, 1.807) is 0 Å². The van der Waals surface area contributed by atoms with Gasteiger partial charge in [-0.25, -0.2) is 0 Å². The second-order valence-corrected chi connectivity index (χ2v) is 4.76. The van der Waals surface area contributed by atoms with E-state index < -0.39 is 0 Å². The van der Waals surface area contributed by atoms with Crippen LogP contribution in [0, 0.1) is 0 Å². The molecule has 0 radical (unpaired) electrons. The summed E-state index contributed by atoms with van der Waals surface area (Å²) >= 11 is 1.92. The number of rotatable bonds is 7. The number of thioether (sulfide) groups is 1. The van der Waals surface area contributed by atoms with Crippen molar-refractivity contribution in [1.29, 1.82) is 0 Å². The Bertz CT molecular complexity index is 298. The van der Waals surface area contributed by atoms with Gasteiger partial charge in [-0.15, -0.1) is 0 Å². The van der Waals surface area contributed by atoms with E-state index in [0.29, 0.717) is 5.82 Å². The molecule has 0 atom stereocenters.